The van der Waals surface area contributed by atoms with E-state index in [0.717, 1.165) is 56.9 Å². The van der Waals surface area contributed by atoms with E-state index in [-0.39, 0.29) is 11.3 Å². The van der Waals surface area contributed by atoms with Gasteiger partial charge in [0, 0.05) is 38.2 Å². The molecule has 4 heteroatoms. The third-order valence-corrected chi connectivity index (χ3v) is 6.06. The molecule has 1 saturated carbocycles. The first-order chi connectivity index (χ1) is 11.7. The van der Waals surface area contributed by atoms with Crippen LogP contribution < -0.4 is 0 Å². The highest BCUT2D eigenvalue weighted by molar-refractivity contribution is 5.94. The average Bonchev–Trinajstić information content (AvgIpc) is 3.43. The molecule has 1 aromatic carbocycles. The van der Waals surface area contributed by atoms with Gasteiger partial charge in [-0.1, -0.05) is 18.2 Å². The second-order valence-corrected chi connectivity index (χ2v) is 7.88. The van der Waals surface area contributed by atoms with Crippen molar-refractivity contribution in [3.8, 4) is 0 Å². The quantitative estimate of drug-likeness (QED) is 0.857. The van der Waals surface area contributed by atoms with Crippen LogP contribution in [-0.4, -0.2) is 47.8 Å². The summed E-state index contributed by atoms with van der Waals surface area (Å²) in [6.45, 7) is 3.52. The zero-order chi connectivity index (χ0) is 16.6. The van der Waals surface area contributed by atoms with E-state index in [1.165, 1.54) is 12.8 Å². The summed E-state index contributed by atoms with van der Waals surface area (Å²) in [6, 6.07) is 9.56. The zero-order valence-corrected chi connectivity index (χ0v) is 14.2. The molecule has 0 radical (unpaired) electrons. The molecule has 0 aromatic heterocycles. The summed E-state index contributed by atoms with van der Waals surface area (Å²) in [5, 5.41) is 0. The Labute approximate surface area is 143 Å². The average molecular weight is 326 g/mol. The largest absolute Gasteiger partial charge is 0.342 e. The molecule has 3 fully saturated rings. The van der Waals surface area contributed by atoms with E-state index in [4.69, 9.17) is 0 Å². The number of nitrogens with zero attached hydrogens (tertiary/aromatic N) is 2. The van der Waals surface area contributed by atoms with Gasteiger partial charge in [0.25, 0.3) is 5.91 Å². The van der Waals surface area contributed by atoms with Crippen molar-refractivity contribution in [3.05, 3.63) is 35.9 Å². The molecule has 0 bridgehead atoms. The number of amides is 2. The van der Waals surface area contributed by atoms with Crippen molar-refractivity contribution in [1.82, 2.24) is 9.80 Å². The second-order valence-electron chi connectivity index (χ2n) is 7.88. The molecule has 0 unspecified atom stereocenters. The normalized spacial score (nSPS) is 23.6. The minimum atomic E-state index is 0.146. The lowest BCUT2D eigenvalue weighted by Gasteiger charge is -2.47. The first kappa shape index (κ1) is 15.7. The third kappa shape index (κ3) is 3.19. The van der Waals surface area contributed by atoms with Crippen LogP contribution in [0.4, 0.5) is 0 Å². The van der Waals surface area contributed by atoms with Crippen LogP contribution in [0.2, 0.25) is 0 Å². The third-order valence-electron chi connectivity index (χ3n) is 6.06. The zero-order valence-electron chi connectivity index (χ0n) is 14.2. The van der Waals surface area contributed by atoms with Gasteiger partial charge in [-0.2, -0.15) is 0 Å². The van der Waals surface area contributed by atoms with Crippen molar-refractivity contribution in [1.29, 1.82) is 0 Å². The molecule has 3 aliphatic rings. The van der Waals surface area contributed by atoms with Crippen molar-refractivity contribution in [2.45, 2.75) is 38.5 Å². The van der Waals surface area contributed by atoms with Crippen LogP contribution in [0, 0.1) is 11.3 Å². The first-order valence-electron chi connectivity index (χ1n) is 9.27. The van der Waals surface area contributed by atoms with Gasteiger partial charge in [0.05, 0.1) is 0 Å². The molecule has 1 aliphatic carbocycles. The summed E-state index contributed by atoms with van der Waals surface area (Å²) in [5.74, 6) is 1.24. The Morgan fingerprint density at radius 2 is 1.79 bits per heavy atom. The monoisotopic (exact) mass is 326 g/mol. The fourth-order valence-electron chi connectivity index (χ4n) is 4.24. The SMILES string of the molecule is O=C1CCC2(CCN(C(=O)c3ccccc3)CC2)CN1CC1CC1. The first-order valence-corrected chi connectivity index (χ1v) is 9.27. The molecule has 0 N–H and O–H groups in total. The van der Waals surface area contributed by atoms with Crippen LogP contribution >= 0.6 is 0 Å². The lowest BCUT2D eigenvalue weighted by Crippen LogP contribution is -2.52. The summed E-state index contributed by atoms with van der Waals surface area (Å²) < 4.78 is 0. The predicted molar refractivity (Wildman–Crippen MR) is 92.6 cm³/mol. The van der Waals surface area contributed by atoms with Gasteiger partial charge >= 0.3 is 0 Å². The Morgan fingerprint density at radius 1 is 1.08 bits per heavy atom. The molecule has 2 aliphatic heterocycles. The number of piperidine rings is 2. The van der Waals surface area contributed by atoms with Gasteiger partial charge in [0.1, 0.15) is 0 Å². The van der Waals surface area contributed by atoms with Crippen molar-refractivity contribution in [3.63, 3.8) is 0 Å². The molecule has 1 aromatic rings. The standard InChI is InChI=1S/C20H26N2O2/c23-18-8-9-20(15-22(18)14-16-6-7-16)10-12-21(13-11-20)19(24)17-4-2-1-3-5-17/h1-5,16H,6-15H2. The maximum Gasteiger partial charge on any atom is 0.253 e. The highest BCUT2D eigenvalue weighted by Gasteiger charge is 2.42. The van der Waals surface area contributed by atoms with E-state index in [1.807, 2.05) is 35.2 Å². The van der Waals surface area contributed by atoms with Crippen LogP contribution in [0.5, 0.6) is 0 Å². The minimum absolute atomic E-state index is 0.146. The maximum absolute atomic E-state index is 12.6. The molecular formula is C20H26N2O2. The fourth-order valence-corrected chi connectivity index (χ4v) is 4.24. The number of rotatable bonds is 3. The van der Waals surface area contributed by atoms with E-state index in [1.54, 1.807) is 0 Å². The molecule has 4 rings (SSSR count). The smallest absolute Gasteiger partial charge is 0.253 e. The van der Waals surface area contributed by atoms with Gasteiger partial charge in [-0.3, -0.25) is 9.59 Å². The van der Waals surface area contributed by atoms with Gasteiger partial charge < -0.3 is 9.80 Å². The number of carbonyl (C=O) groups is 2. The second kappa shape index (κ2) is 6.23. The molecule has 0 atom stereocenters. The number of hydrogen-bond acceptors (Lipinski definition) is 2. The van der Waals surface area contributed by atoms with E-state index >= 15 is 0 Å². The van der Waals surface area contributed by atoms with Crippen molar-refractivity contribution in [2.24, 2.45) is 11.3 Å². The Kier molecular flexibility index (Phi) is 4.07. The Hall–Kier alpha value is -1.84. The van der Waals surface area contributed by atoms with Gasteiger partial charge in [-0.25, -0.2) is 0 Å². The molecule has 24 heavy (non-hydrogen) atoms. The molecule has 128 valence electrons. The number of likely N-dealkylation sites (tertiary alicyclic amines) is 2. The van der Waals surface area contributed by atoms with Crippen LogP contribution in [0.3, 0.4) is 0 Å². The van der Waals surface area contributed by atoms with E-state index in [9.17, 15) is 9.59 Å². The minimum Gasteiger partial charge on any atom is -0.342 e. The molecule has 2 saturated heterocycles. The van der Waals surface area contributed by atoms with E-state index in [2.05, 4.69) is 4.90 Å². The topological polar surface area (TPSA) is 40.6 Å². The van der Waals surface area contributed by atoms with Crippen molar-refractivity contribution >= 4 is 11.8 Å². The summed E-state index contributed by atoms with van der Waals surface area (Å²) in [5.41, 5.74) is 1.03. The van der Waals surface area contributed by atoms with Crippen molar-refractivity contribution < 1.29 is 9.59 Å². The molecule has 1 spiro atoms. The Bertz CT molecular complexity index is 616. The number of carbonyl (C=O) groups excluding carboxylic acids is 2. The van der Waals surface area contributed by atoms with E-state index in [0.29, 0.717) is 12.3 Å². The Morgan fingerprint density at radius 3 is 2.46 bits per heavy atom. The lowest BCUT2D eigenvalue weighted by atomic mass is 9.72. The van der Waals surface area contributed by atoms with E-state index < -0.39 is 0 Å². The highest BCUT2D eigenvalue weighted by Crippen LogP contribution is 2.42. The lowest BCUT2D eigenvalue weighted by molar-refractivity contribution is -0.139. The molecule has 4 nitrogen and oxygen atoms in total. The summed E-state index contributed by atoms with van der Waals surface area (Å²) in [7, 11) is 0. The number of benzene rings is 1. The fraction of sp³-hybridized carbons (Fsp3) is 0.600. The Balaban J connectivity index is 1.38. The van der Waals surface area contributed by atoms with Gasteiger partial charge in [0.15, 0.2) is 0 Å². The maximum atomic E-state index is 12.6. The van der Waals surface area contributed by atoms with Gasteiger partial charge in [0.2, 0.25) is 5.91 Å². The summed E-state index contributed by atoms with van der Waals surface area (Å²) >= 11 is 0. The summed E-state index contributed by atoms with van der Waals surface area (Å²) in [4.78, 5) is 28.9. The molecular weight excluding hydrogens is 300 g/mol. The summed E-state index contributed by atoms with van der Waals surface area (Å²) in [6.07, 6.45) is 6.33. The van der Waals surface area contributed by atoms with Crippen LogP contribution in [0.1, 0.15) is 48.9 Å². The predicted octanol–water partition coefficient (Wildman–Crippen LogP) is 2.94. The van der Waals surface area contributed by atoms with Crippen LogP contribution in [-0.2, 0) is 4.79 Å². The van der Waals surface area contributed by atoms with Crippen LogP contribution in [0.25, 0.3) is 0 Å². The van der Waals surface area contributed by atoms with Crippen molar-refractivity contribution in [2.75, 3.05) is 26.2 Å². The highest BCUT2D eigenvalue weighted by atomic mass is 16.2. The molecule has 2 heterocycles. The van der Waals surface area contributed by atoms with Crippen LogP contribution in [0.15, 0.2) is 30.3 Å². The number of hydrogen-bond donors (Lipinski definition) is 0. The van der Waals surface area contributed by atoms with Gasteiger partial charge in [-0.15, -0.1) is 0 Å². The molecule has 2 amide bonds. The van der Waals surface area contributed by atoms with Gasteiger partial charge in [-0.05, 0) is 55.6 Å².